The molecule has 0 atom stereocenters. The summed E-state index contributed by atoms with van der Waals surface area (Å²) in [5.74, 6) is -0.613. The Hall–Kier alpha value is -1.69. The molecule has 1 aromatic rings. The summed E-state index contributed by atoms with van der Waals surface area (Å²) in [6.07, 6.45) is 1.71. The molecule has 0 saturated carbocycles. The quantitative estimate of drug-likeness (QED) is 0.844. The zero-order valence-corrected chi connectivity index (χ0v) is 10.6. The maximum absolute atomic E-state index is 11.3. The number of hydrogen-bond acceptors (Lipinski definition) is 5. The van der Waals surface area contributed by atoms with Crippen LogP contribution in [0.4, 0.5) is 5.82 Å². The molecule has 1 aromatic heterocycles. The highest BCUT2D eigenvalue weighted by Crippen LogP contribution is 2.21. The van der Waals surface area contributed by atoms with E-state index in [1.807, 2.05) is 0 Å². The summed E-state index contributed by atoms with van der Waals surface area (Å²) in [5.41, 5.74) is 1.52. The fourth-order valence-electron chi connectivity index (χ4n) is 2.01. The molecule has 1 fully saturated rings. The number of aryl methyl sites for hydroxylation is 1. The number of carboxylic acids is 1. The molecule has 0 spiro atoms. The van der Waals surface area contributed by atoms with Gasteiger partial charge in [0, 0.05) is 19.3 Å². The molecule has 0 aliphatic carbocycles. The molecule has 18 heavy (non-hydrogen) atoms. The summed E-state index contributed by atoms with van der Waals surface area (Å²) in [7, 11) is 0. The van der Waals surface area contributed by atoms with Gasteiger partial charge in [0.2, 0.25) is 0 Å². The van der Waals surface area contributed by atoms with Gasteiger partial charge in [0.15, 0.2) is 5.82 Å². The highest BCUT2D eigenvalue weighted by atomic mass is 16.5. The standard InChI is InChI=1S/C12H17N3O3/c1-7-8(2)14-15-11(10(7)12(16)17)13-9-3-5-18-6-4-9/h9H,3-6H2,1-2H3,(H,13,15)(H,16,17). The fourth-order valence-corrected chi connectivity index (χ4v) is 2.01. The predicted octanol–water partition coefficient (Wildman–Crippen LogP) is 1.38. The van der Waals surface area contributed by atoms with Gasteiger partial charge in [-0.2, -0.15) is 5.10 Å². The molecule has 1 aliphatic heterocycles. The van der Waals surface area contributed by atoms with Crippen molar-refractivity contribution in [3.8, 4) is 0 Å². The second-order valence-electron chi connectivity index (χ2n) is 4.47. The first-order valence-electron chi connectivity index (χ1n) is 6.01. The molecule has 0 bridgehead atoms. The van der Waals surface area contributed by atoms with Crippen LogP contribution in [0.25, 0.3) is 0 Å². The van der Waals surface area contributed by atoms with E-state index in [9.17, 15) is 9.90 Å². The van der Waals surface area contributed by atoms with Crippen LogP contribution in [-0.4, -0.2) is 40.5 Å². The predicted molar refractivity (Wildman–Crippen MR) is 65.9 cm³/mol. The van der Waals surface area contributed by atoms with Crippen LogP contribution in [-0.2, 0) is 4.74 Å². The smallest absolute Gasteiger partial charge is 0.339 e. The summed E-state index contributed by atoms with van der Waals surface area (Å²) >= 11 is 0. The number of nitrogens with one attached hydrogen (secondary N) is 1. The van der Waals surface area contributed by atoms with Crippen molar-refractivity contribution in [2.45, 2.75) is 32.7 Å². The van der Waals surface area contributed by atoms with E-state index in [4.69, 9.17) is 4.74 Å². The minimum Gasteiger partial charge on any atom is -0.478 e. The molecule has 98 valence electrons. The van der Waals surface area contributed by atoms with E-state index >= 15 is 0 Å². The number of carboxylic acid groups (broad SMARTS) is 1. The Morgan fingerprint density at radius 3 is 2.61 bits per heavy atom. The van der Waals surface area contributed by atoms with Crippen LogP contribution < -0.4 is 5.32 Å². The number of aromatic nitrogens is 2. The van der Waals surface area contributed by atoms with Gasteiger partial charge >= 0.3 is 5.97 Å². The molecular formula is C12H17N3O3. The molecule has 2 heterocycles. The van der Waals surface area contributed by atoms with Gasteiger partial charge in [0.25, 0.3) is 0 Å². The largest absolute Gasteiger partial charge is 0.478 e. The lowest BCUT2D eigenvalue weighted by Crippen LogP contribution is -2.29. The number of rotatable bonds is 3. The van der Waals surface area contributed by atoms with Gasteiger partial charge in [0.05, 0.1) is 5.69 Å². The number of hydrogen-bond donors (Lipinski definition) is 2. The van der Waals surface area contributed by atoms with Crippen molar-refractivity contribution < 1.29 is 14.6 Å². The number of carbonyl (C=O) groups is 1. The minimum absolute atomic E-state index is 0.202. The molecular weight excluding hydrogens is 234 g/mol. The van der Waals surface area contributed by atoms with Crippen LogP contribution >= 0.6 is 0 Å². The van der Waals surface area contributed by atoms with Crippen LogP contribution in [0.3, 0.4) is 0 Å². The van der Waals surface area contributed by atoms with Crippen LogP contribution in [0.1, 0.15) is 34.5 Å². The third-order valence-electron chi connectivity index (χ3n) is 3.23. The lowest BCUT2D eigenvalue weighted by Gasteiger charge is -2.24. The summed E-state index contributed by atoms with van der Waals surface area (Å²) in [6, 6.07) is 0.202. The summed E-state index contributed by atoms with van der Waals surface area (Å²) in [5, 5.41) is 20.4. The second-order valence-corrected chi connectivity index (χ2v) is 4.47. The number of ether oxygens (including phenoxy) is 1. The maximum Gasteiger partial charge on any atom is 0.339 e. The third-order valence-corrected chi connectivity index (χ3v) is 3.23. The van der Waals surface area contributed by atoms with Crippen LogP contribution in [0.5, 0.6) is 0 Å². The molecule has 2 N–H and O–H groups in total. The van der Waals surface area contributed by atoms with Gasteiger partial charge in [-0.25, -0.2) is 4.79 Å². The van der Waals surface area contributed by atoms with Gasteiger partial charge < -0.3 is 15.2 Å². The summed E-state index contributed by atoms with van der Waals surface area (Å²) in [4.78, 5) is 11.3. The van der Waals surface area contributed by atoms with Crippen molar-refractivity contribution in [1.29, 1.82) is 0 Å². The molecule has 2 rings (SSSR count). The molecule has 0 aromatic carbocycles. The fraction of sp³-hybridized carbons (Fsp3) is 0.583. The summed E-state index contributed by atoms with van der Waals surface area (Å²) < 4.78 is 5.27. The monoisotopic (exact) mass is 251 g/mol. The first kappa shape index (κ1) is 12.8. The van der Waals surface area contributed by atoms with E-state index in [1.165, 1.54) is 0 Å². The lowest BCUT2D eigenvalue weighted by atomic mass is 10.1. The van der Waals surface area contributed by atoms with Crippen LogP contribution in [0, 0.1) is 13.8 Å². The van der Waals surface area contributed by atoms with Gasteiger partial charge in [-0.05, 0) is 32.3 Å². The van der Waals surface area contributed by atoms with Crippen molar-refractivity contribution in [2.75, 3.05) is 18.5 Å². The highest BCUT2D eigenvalue weighted by Gasteiger charge is 2.21. The van der Waals surface area contributed by atoms with E-state index in [2.05, 4.69) is 15.5 Å². The van der Waals surface area contributed by atoms with Crippen LogP contribution in [0.2, 0.25) is 0 Å². The van der Waals surface area contributed by atoms with Crippen molar-refractivity contribution in [3.05, 3.63) is 16.8 Å². The van der Waals surface area contributed by atoms with E-state index in [-0.39, 0.29) is 11.6 Å². The molecule has 0 unspecified atom stereocenters. The lowest BCUT2D eigenvalue weighted by molar-refractivity contribution is 0.0696. The normalized spacial score (nSPS) is 16.6. The van der Waals surface area contributed by atoms with Crippen LogP contribution in [0.15, 0.2) is 0 Å². The van der Waals surface area contributed by atoms with E-state index < -0.39 is 5.97 Å². The van der Waals surface area contributed by atoms with Crippen molar-refractivity contribution in [3.63, 3.8) is 0 Å². The zero-order valence-electron chi connectivity index (χ0n) is 10.6. The third kappa shape index (κ3) is 2.59. The maximum atomic E-state index is 11.3. The van der Waals surface area contributed by atoms with Gasteiger partial charge in [-0.1, -0.05) is 0 Å². The Morgan fingerprint density at radius 1 is 1.33 bits per heavy atom. The van der Waals surface area contributed by atoms with Gasteiger partial charge in [-0.15, -0.1) is 5.10 Å². The Morgan fingerprint density at radius 2 is 2.00 bits per heavy atom. The molecule has 1 aliphatic rings. The van der Waals surface area contributed by atoms with E-state index in [0.717, 1.165) is 12.8 Å². The second kappa shape index (κ2) is 5.30. The first-order chi connectivity index (χ1) is 8.59. The molecule has 6 heteroatoms. The van der Waals surface area contributed by atoms with Gasteiger partial charge in [-0.3, -0.25) is 0 Å². The van der Waals surface area contributed by atoms with Crippen molar-refractivity contribution in [2.24, 2.45) is 0 Å². The SMILES string of the molecule is Cc1nnc(NC2CCOCC2)c(C(=O)O)c1C. The molecule has 1 saturated heterocycles. The molecule has 0 amide bonds. The van der Waals surface area contributed by atoms with Crippen molar-refractivity contribution in [1.82, 2.24) is 10.2 Å². The number of aromatic carboxylic acids is 1. The van der Waals surface area contributed by atoms with E-state index in [1.54, 1.807) is 13.8 Å². The zero-order chi connectivity index (χ0) is 13.1. The molecule has 0 radical (unpaired) electrons. The average Bonchev–Trinajstić information content (AvgIpc) is 2.35. The first-order valence-corrected chi connectivity index (χ1v) is 6.01. The van der Waals surface area contributed by atoms with Gasteiger partial charge in [0.1, 0.15) is 5.56 Å². The van der Waals surface area contributed by atoms with E-state index in [0.29, 0.717) is 30.3 Å². The van der Waals surface area contributed by atoms with Crippen molar-refractivity contribution >= 4 is 11.8 Å². The Balaban J connectivity index is 2.26. The summed E-state index contributed by atoms with van der Waals surface area (Å²) in [6.45, 7) is 4.90. The number of nitrogens with zero attached hydrogens (tertiary/aromatic N) is 2. The average molecular weight is 251 g/mol. The topological polar surface area (TPSA) is 84.3 Å². The number of anilines is 1. The Labute approximate surface area is 105 Å². The minimum atomic E-state index is -0.972. The molecule has 6 nitrogen and oxygen atoms in total. The Kier molecular flexibility index (Phi) is 3.76. The Bertz CT molecular complexity index is 456. The highest BCUT2D eigenvalue weighted by molar-refractivity contribution is 5.94.